The summed E-state index contributed by atoms with van der Waals surface area (Å²) in [4.78, 5) is 22.7. The number of likely N-dealkylation sites (tertiary alicyclic amines) is 1. The van der Waals surface area contributed by atoms with Crippen LogP contribution >= 0.6 is 23.2 Å². The Morgan fingerprint density at radius 1 is 1.23 bits per heavy atom. The number of rotatable bonds is 4. The van der Waals surface area contributed by atoms with Crippen molar-refractivity contribution >= 4 is 28.7 Å². The summed E-state index contributed by atoms with van der Waals surface area (Å²) in [5.41, 5.74) is 1.37. The number of aromatic amines is 1. The first-order valence-corrected chi connectivity index (χ1v) is 11.5. The van der Waals surface area contributed by atoms with E-state index in [-0.39, 0.29) is 17.4 Å². The molecule has 31 heavy (non-hydrogen) atoms. The lowest BCUT2D eigenvalue weighted by Crippen LogP contribution is -2.24. The Kier molecular flexibility index (Phi) is 5.77. The van der Waals surface area contributed by atoms with Gasteiger partial charge in [-0.25, -0.2) is 9.50 Å². The maximum absolute atomic E-state index is 12.8. The molecule has 2 aromatic heterocycles. The molecule has 3 aromatic rings. The quantitative estimate of drug-likeness (QED) is 0.638. The lowest BCUT2D eigenvalue weighted by atomic mass is 9.97. The van der Waals surface area contributed by atoms with E-state index >= 15 is 0 Å². The smallest absolute Gasteiger partial charge is 0.276 e. The van der Waals surface area contributed by atoms with Gasteiger partial charge in [0, 0.05) is 54.7 Å². The zero-order valence-electron chi connectivity index (χ0n) is 17.4. The molecule has 164 valence electrons. The average molecular weight is 462 g/mol. The van der Waals surface area contributed by atoms with Crippen molar-refractivity contribution < 1.29 is 4.74 Å². The lowest BCUT2D eigenvalue weighted by molar-refractivity contribution is 0.0832. The van der Waals surface area contributed by atoms with Gasteiger partial charge in [0.2, 0.25) is 0 Å². The van der Waals surface area contributed by atoms with E-state index in [9.17, 15) is 4.79 Å². The van der Waals surface area contributed by atoms with Crippen LogP contribution < -0.4 is 5.56 Å². The minimum Gasteiger partial charge on any atom is -0.381 e. The minimum absolute atomic E-state index is 0.125. The van der Waals surface area contributed by atoms with Gasteiger partial charge in [-0.1, -0.05) is 30.1 Å². The summed E-state index contributed by atoms with van der Waals surface area (Å²) in [6.07, 6.45) is 3.43. The summed E-state index contributed by atoms with van der Waals surface area (Å²) in [6.45, 7) is 6.03. The van der Waals surface area contributed by atoms with Crippen molar-refractivity contribution in [1.29, 1.82) is 0 Å². The van der Waals surface area contributed by atoms with Gasteiger partial charge in [-0.3, -0.25) is 9.69 Å². The fraction of sp³-hybridized carbons (Fsp3) is 0.500. The fourth-order valence-corrected chi connectivity index (χ4v) is 5.16. The molecule has 9 heteroatoms. The second-order valence-electron chi connectivity index (χ2n) is 8.65. The van der Waals surface area contributed by atoms with E-state index in [0.29, 0.717) is 28.0 Å². The van der Waals surface area contributed by atoms with E-state index in [1.165, 1.54) is 0 Å². The molecule has 0 aliphatic carbocycles. The normalized spacial score (nSPS) is 23.1. The Bertz CT molecular complexity index is 1150. The van der Waals surface area contributed by atoms with E-state index in [4.69, 9.17) is 33.0 Å². The maximum Gasteiger partial charge on any atom is 0.276 e. The highest BCUT2D eigenvalue weighted by atomic mass is 35.5. The number of aromatic nitrogens is 4. The number of fused-ring (bicyclic) bond motifs is 1. The Hall–Kier alpha value is -1.93. The number of halogens is 2. The third kappa shape index (κ3) is 4.12. The molecular formula is C22H25Cl2N5O2. The van der Waals surface area contributed by atoms with E-state index in [2.05, 4.69) is 21.8 Å². The van der Waals surface area contributed by atoms with Gasteiger partial charge in [0.25, 0.3) is 5.56 Å². The minimum atomic E-state index is -0.139. The first-order chi connectivity index (χ1) is 15.0. The molecule has 0 bridgehead atoms. The number of hydrogen-bond donors (Lipinski definition) is 1. The zero-order valence-corrected chi connectivity index (χ0v) is 18.9. The maximum atomic E-state index is 12.8. The molecule has 2 fully saturated rings. The number of nitrogens with one attached hydrogen (secondary N) is 1. The summed E-state index contributed by atoms with van der Waals surface area (Å²) in [5, 5.41) is 6.26. The summed E-state index contributed by atoms with van der Waals surface area (Å²) in [6, 6.07) is 5.55. The molecule has 4 heterocycles. The summed E-state index contributed by atoms with van der Waals surface area (Å²) in [5.74, 6) is 2.31. The molecule has 0 saturated carbocycles. The predicted molar refractivity (Wildman–Crippen MR) is 120 cm³/mol. The Balaban J connectivity index is 1.42. The molecule has 0 amide bonds. The number of nitrogens with zero attached hydrogens (tertiary/aromatic N) is 4. The van der Waals surface area contributed by atoms with Crippen molar-refractivity contribution in [2.45, 2.75) is 38.1 Å². The van der Waals surface area contributed by atoms with Gasteiger partial charge in [0.15, 0.2) is 5.52 Å². The number of hydrogen-bond acceptors (Lipinski definition) is 5. The third-order valence-electron chi connectivity index (χ3n) is 6.47. The van der Waals surface area contributed by atoms with Crippen LogP contribution in [0.4, 0.5) is 0 Å². The first-order valence-electron chi connectivity index (χ1n) is 10.7. The van der Waals surface area contributed by atoms with Crippen LogP contribution in [-0.2, 0) is 11.3 Å². The number of imidazole rings is 1. The SMILES string of the molecule is CC1CN(Cc2cc(Cl)ccc2Cl)CC1c1nn2c(C3CCOCC3)ncc2c(=O)[nH]1. The van der Waals surface area contributed by atoms with Crippen LogP contribution in [0.25, 0.3) is 5.52 Å². The second-order valence-corrected chi connectivity index (χ2v) is 9.50. The Morgan fingerprint density at radius 2 is 2.03 bits per heavy atom. The van der Waals surface area contributed by atoms with Crippen molar-refractivity contribution in [3.8, 4) is 0 Å². The van der Waals surface area contributed by atoms with E-state index in [0.717, 1.165) is 56.4 Å². The first kappa shape index (κ1) is 20.9. The van der Waals surface area contributed by atoms with Gasteiger partial charge in [-0.15, -0.1) is 0 Å². The molecule has 1 N–H and O–H groups in total. The largest absolute Gasteiger partial charge is 0.381 e. The van der Waals surface area contributed by atoms with Gasteiger partial charge in [-0.2, -0.15) is 5.10 Å². The highest BCUT2D eigenvalue weighted by Crippen LogP contribution is 2.33. The van der Waals surface area contributed by atoms with Crippen LogP contribution in [0.3, 0.4) is 0 Å². The monoisotopic (exact) mass is 461 g/mol. The lowest BCUT2D eigenvalue weighted by Gasteiger charge is -2.21. The molecular weight excluding hydrogens is 437 g/mol. The van der Waals surface area contributed by atoms with Gasteiger partial charge < -0.3 is 9.72 Å². The second kappa shape index (κ2) is 8.54. The van der Waals surface area contributed by atoms with Crippen molar-refractivity contribution in [2.24, 2.45) is 5.92 Å². The third-order valence-corrected chi connectivity index (χ3v) is 7.08. The molecule has 2 atom stereocenters. The van der Waals surface area contributed by atoms with Crippen LogP contribution in [0.5, 0.6) is 0 Å². The summed E-state index contributed by atoms with van der Waals surface area (Å²) in [7, 11) is 0. The van der Waals surface area contributed by atoms with Crippen LogP contribution in [0.15, 0.2) is 29.2 Å². The molecule has 0 radical (unpaired) electrons. The molecule has 5 rings (SSSR count). The Labute approximate surface area is 190 Å². The Morgan fingerprint density at radius 3 is 2.84 bits per heavy atom. The fourth-order valence-electron chi connectivity index (χ4n) is 4.79. The van der Waals surface area contributed by atoms with Crippen molar-refractivity contribution in [3.05, 3.63) is 62.0 Å². The average Bonchev–Trinajstić information content (AvgIpc) is 3.35. The highest BCUT2D eigenvalue weighted by molar-refractivity contribution is 6.33. The van der Waals surface area contributed by atoms with Crippen LogP contribution in [0.2, 0.25) is 10.0 Å². The van der Waals surface area contributed by atoms with Crippen molar-refractivity contribution in [1.82, 2.24) is 24.5 Å². The molecule has 7 nitrogen and oxygen atoms in total. The molecule has 2 saturated heterocycles. The molecule has 2 aliphatic rings. The topological polar surface area (TPSA) is 75.5 Å². The van der Waals surface area contributed by atoms with E-state index in [1.54, 1.807) is 16.8 Å². The van der Waals surface area contributed by atoms with Crippen LogP contribution in [0, 0.1) is 5.92 Å². The number of benzene rings is 1. The summed E-state index contributed by atoms with van der Waals surface area (Å²) < 4.78 is 7.24. The highest BCUT2D eigenvalue weighted by Gasteiger charge is 2.33. The molecule has 2 unspecified atom stereocenters. The van der Waals surface area contributed by atoms with E-state index in [1.807, 2.05) is 12.1 Å². The molecule has 1 aromatic carbocycles. The van der Waals surface area contributed by atoms with Gasteiger partial charge >= 0.3 is 0 Å². The van der Waals surface area contributed by atoms with E-state index < -0.39 is 0 Å². The van der Waals surface area contributed by atoms with Crippen LogP contribution in [0.1, 0.15) is 48.8 Å². The predicted octanol–water partition coefficient (Wildman–Crippen LogP) is 3.85. The van der Waals surface area contributed by atoms with Gasteiger partial charge in [0.1, 0.15) is 11.6 Å². The molecule has 2 aliphatic heterocycles. The number of ether oxygens (including phenoxy) is 1. The number of H-pyrrole nitrogens is 1. The van der Waals surface area contributed by atoms with Gasteiger partial charge in [-0.05, 0) is 42.5 Å². The van der Waals surface area contributed by atoms with Gasteiger partial charge in [0.05, 0.1) is 6.20 Å². The van der Waals surface area contributed by atoms with Crippen LogP contribution in [-0.4, -0.2) is 50.8 Å². The zero-order chi connectivity index (χ0) is 21.5. The summed E-state index contributed by atoms with van der Waals surface area (Å²) >= 11 is 12.5. The van der Waals surface area contributed by atoms with Crippen molar-refractivity contribution in [3.63, 3.8) is 0 Å². The standard InChI is InChI=1S/C22H25Cl2N5O2/c1-13-10-28(11-15-8-16(23)2-3-18(15)24)12-17(13)20-26-22(30)19-9-25-21(29(19)27-20)14-4-6-31-7-5-14/h2-3,8-9,13-14,17H,4-7,10-12H2,1H3,(H,26,27,30). The molecule has 0 spiro atoms. The van der Waals surface area contributed by atoms with Crippen molar-refractivity contribution in [2.75, 3.05) is 26.3 Å².